The number of benzene rings is 1. The predicted octanol–water partition coefficient (Wildman–Crippen LogP) is 4.18. The third kappa shape index (κ3) is 4.08. The smallest absolute Gasteiger partial charge is 0.313 e. The van der Waals surface area contributed by atoms with Gasteiger partial charge in [-0.1, -0.05) is 30.3 Å². The van der Waals surface area contributed by atoms with Gasteiger partial charge < -0.3 is 9.67 Å². The molecule has 21 heavy (non-hydrogen) atoms. The van der Waals surface area contributed by atoms with Crippen LogP contribution >= 0.6 is 35.1 Å². The monoisotopic (exact) mass is 344 g/mol. The average Bonchev–Trinajstić information content (AvgIpc) is 2.79. The molecule has 0 aliphatic heterocycles. The lowest BCUT2D eigenvalue weighted by molar-refractivity contribution is -0.133. The van der Waals surface area contributed by atoms with Gasteiger partial charge in [0, 0.05) is 16.8 Å². The third-order valence-corrected chi connectivity index (χ3v) is 5.25. The Morgan fingerprint density at radius 2 is 2.29 bits per heavy atom. The summed E-state index contributed by atoms with van der Waals surface area (Å²) in [5.41, 5.74) is 1.81. The van der Waals surface area contributed by atoms with Gasteiger partial charge in [-0.15, -0.1) is 0 Å². The number of aromatic nitrogens is 2. The lowest BCUT2D eigenvalue weighted by Gasteiger charge is -2.16. The molecule has 0 aliphatic rings. The summed E-state index contributed by atoms with van der Waals surface area (Å²) >= 11 is 9.12. The first kappa shape index (κ1) is 16.5. The van der Waals surface area contributed by atoms with E-state index in [1.54, 1.807) is 0 Å². The Kier molecular flexibility index (Phi) is 5.84. The van der Waals surface area contributed by atoms with Crippen molar-refractivity contribution in [3.05, 3.63) is 23.2 Å². The second-order valence-electron chi connectivity index (χ2n) is 4.59. The average molecular weight is 345 g/mol. The van der Waals surface area contributed by atoms with Crippen LogP contribution in [0.1, 0.15) is 19.9 Å². The fourth-order valence-electron chi connectivity index (χ4n) is 2.07. The maximum Gasteiger partial charge on any atom is 0.313 e. The fourth-order valence-corrected chi connectivity index (χ4v) is 3.79. The number of imidazole rings is 1. The summed E-state index contributed by atoms with van der Waals surface area (Å²) in [6, 6.07) is 5.85. The van der Waals surface area contributed by atoms with Crippen LogP contribution in [0.4, 0.5) is 0 Å². The van der Waals surface area contributed by atoms with Gasteiger partial charge in [-0.3, -0.25) is 4.79 Å². The van der Waals surface area contributed by atoms with E-state index in [0.29, 0.717) is 5.02 Å². The summed E-state index contributed by atoms with van der Waals surface area (Å²) in [6.07, 6.45) is 0. The Bertz CT molecular complexity index is 645. The van der Waals surface area contributed by atoms with Gasteiger partial charge in [0.1, 0.15) is 0 Å². The molecule has 0 fully saturated rings. The highest BCUT2D eigenvalue weighted by atomic mass is 35.5. The standard InChI is InChI=1S/C14H17ClN2O2S2/c1-3-20-7-9(2)17-12-5-4-10(15)6-11(12)16-14(17)21-8-13(18)19/h4-6,9H,3,7-8H2,1-2H3,(H,18,19). The van der Waals surface area contributed by atoms with Gasteiger partial charge >= 0.3 is 5.97 Å². The summed E-state index contributed by atoms with van der Waals surface area (Å²) < 4.78 is 2.11. The van der Waals surface area contributed by atoms with E-state index >= 15 is 0 Å². The normalized spacial score (nSPS) is 12.7. The molecule has 0 aliphatic carbocycles. The molecule has 0 bridgehead atoms. The van der Waals surface area contributed by atoms with E-state index in [4.69, 9.17) is 16.7 Å². The minimum absolute atomic E-state index is 0.00466. The van der Waals surface area contributed by atoms with Crippen molar-refractivity contribution < 1.29 is 9.90 Å². The largest absolute Gasteiger partial charge is 0.481 e. The Hall–Kier alpha value is -0.850. The highest BCUT2D eigenvalue weighted by Gasteiger charge is 2.17. The van der Waals surface area contributed by atoms with Crippen molar-refractivity contribution >= 4 is 52.1 Å². The molecular weight excluding hydrogens is 328 g/mol. The van der Waals surface area contributed by atoms with Crippen LogP contribution in [-0.2, 0) is 4.79 Å². The number of rotatable bonds is 7. The molecule has 1 heterocycles. The van der Waals surface area contributed by atoms with E-state index < -0.39 is 5.97 Å². The van der Waals surface area contributed by atoms with Crippen LogP contribution in [0.25, 0.3) is 11.0 Å². The molecule has 1 atom stereocenters. The molecular formula is C14H17ClN2O2S2. The first-order valence-corrected chi connectivity index (χ1v) is 9.14. The number of aliphatic carboxylic acids is 1. The van der Waals surface area contributed by atoms with Crippen LogP contribution in [-0.4, -0.2) is 37.9 Å². The molecule has 0 radical (unpaired) electrons. The minimum Gasteiger partial charge on any atom is -0.481 e. The maximum absolute atomic E-state index is 10.8. The molecule has 2 rings (SSSR count). The Morgan fingerprint density at radius 1 is 1.52 bits per heavy atom. The quantitative estimate of drug-likeness (QED) is 0.763. The number of carbonyl (C=O) groups is 1. The van der Waals surface area contributed by atoms with Gasteiger partial charge in [0.2, 0.25) is 0 Å². The molecule has 0 saturated heterocycles. The Labute approximate surface area is 137 Å². The van der Waals surface area contributed by atoms with Gasteiger partial charge in [0.05, 0.1) is 16.8 Å². The number of halogens is 1. The van der Waals surface area contributed by atoms with Gasteiger partial charge in [-0.25, -0.2) is 4.98 Å². The lowest BCUT2D eigenvalue weighted by Crippen LogP contribution is -2.10. The Morgan fingerprint density at radius 3 is 2.95 bits per heavy atom. The number of carboxylic acid groups (broad SMARTS) is 1. The summed E-state index contributed by atoms with van der Waals surface area (Å²) in [5.74, 6) is 1.18. The molecule has 0 spiro atoms. The number of hydrogen-bond donors (Lipinski definition) is 1. The first-order chi connectivity index (χ1) is 10.0. The zero-order chi connectivity index (χ0) is 15.4. The molecule has 1 aromatic heterocycles. The number of carboxylic acids is 1. The highest BCUT2D eigenvalue weighted by Crippen LogP contribution is 2.30. The number of thioether (sulfide) groups is 2. The molecule has 1 N–H and O–H groups in total. The zero-order valence-electron chi connectivity index (χ0n) is 11.9. The number of fused-ring (bicyclic) bond motifs is 1. The summed E-state index contributed by atoms with van der Waals surface area (Å²) in [6.45, 7) is 4.26. The van der Waals surface area contributed by atoms with Crippen LogP contribution in [0.3, 0.4) is 0 Å². The van der Waals surface area contributed by atoms with Gasteiger partial charge in [-0.2, -0.15) is 11.8 Å². The van der Waals surface area contributed by atoms with Gasteiger partial charge in [0.15, 0.2) is 5.16 Å². The zero-order valence-corrected chi connectivity index (χ0v) is 14.3. The van der Waals surface area contributed by atoms with Crippen molar-refractivity contribution in [3.8, 4) is 0 Å². The van der Waals surface area contributed by atoms with Crippen LogP contribution < -0.4 is 0 Å². The van der Waals surface area contributed by atoms with Crippen LogP contribution in [0.2, 0.25) is 5.02 Å². The summed E-state index contributed by atoms with van der Waals surface area (Å²) in [7, 11) is 0. The second-order valence-corrected chi connectivity index (χ2v) is 7.29. The van der Waals surface area contributed by atoms with Gasteiger partial charge in [-0.05, 0) is 30.9 Å². The second kappa shape index (κ2) is 7.42. The lowest BCUT2D eigenvalue weighted by atomic mass is 10.3. The number of hydrogen-bond acceptors (Lipinski definition) is 4. The molecule has 4 nitrogen and oxygen atoms in total. The minimum atomic E-state index is -0.841. The van der Waals surface area contributed by atoms with Crippen LogP contribution in [0, 0.1) is 0 Å². The molecule has 1 aromatic carbocycles. The first-order valence-electron chi connectivity index (χ1n) is 6.62. The molecule has 114 valence electrons. The molecule has 7 heteroatoms. The highest BCUT2D eigenvalue weighted by molar-refractivity contribution is 7.99. The van der Waals surface area contributed by atoms with E-state index in [-0.39, 0.29) is 11.8 Å². The van der Waals surface area contributed by atoms with Crippen molar-refractivity contribution in [2.45, 2.75) is 25.0 Å². The van der Waals surface area contributed by atoms with E-state index in [0.717, 1.165) is 27.7 Å². The summed E-state index contributed by atoms with van der Waals surface area (Å²) in [5, 5.41) is 10.3. The SMILES string of the molecule is CCSCC(C)n1c(SCC(=O)O)nc2cc(Cl)ccc21. The van der Waals surface area contributed by atoms with Crippen LogP contribution in [0.5, 0.6) is 0 Å². The van der Waals surface area contributed by atoms with Crippen molar-refractivity contribution in [1.82, 2.24) is 9.55 Å². The fraction of sp³-hybridized carbons (Fsp3) is 0.429. The number of nitrogens with zero attached hydrogens (tertiary/aromatic N) is 2. The van der Waals surface area contributed by atoms with Crippen molar-refractivity contribution in [3.63, 3.8) is 0 Å². The molecule has 2 aromatic rings. The summed E-state index contributed by atoms with van der Waals surface area (Å²) in [4.78, 5) is 15.4. The third-order valence-electron chi connectivity index (χ3n) is 2.95. The van der Waals surface area contributed by atoms with Crippen molar-refractivity contribution in [2.24, 2.45) is 0 Å². The molecule has 1 unspecified atom stereocenters. The van der Waals surface area contributed by atoms with Gasteiger partial charge in [0.25, 0.3) is 0 Å². The van der Waals surface area contributed by atoms with E-state index in [1.807, 2.05) is 30.0 Å². The molecule has 0 saturated carbocycles. The van der Waals surface area contributed by atoms with Crippen molar-refractivity contribution in [2.75, 3.05) is 17.3 Å². The Balaban J connectivity index is 2.41. The van der Waals surface area contributed by atoms with E-state index in [2.05, 4.69) is 23.4 Å². The maximum atomic E-state index is 10.8. The van der Waals surface area contributed by atoms with Crippen LogP contribution in [0.15, 0.2) is 23.4 Å². The van der Waals surface area contributed by atoms with E-state index in [9.17, 15) is 4.79 Å². The van der Waals surface area contributed by atoms with Crippen molar-refractivity contribution in [1.29, 1.82) is 0 Å². The van der Waals surface area contributed by atoms with E-state index in [1.165, 1.54) is 11.8 Å². The predicted molar refractivity (Wildman–Crippen MR) is 90.8 cm³/mol. The topological polar surface area (TPSA) is 55.1 Å². The molecule has 0 amide bonds.